The van der Waals surface area contributed by atoms with Crippen LogP contribution < -0.4 is 15.8 Å². The van der Waals surface area contributed by atoms with Crippen molar-refractivity contribution in [3.05, 3.63) is 24.3 Å². The zero-order valence-corrected chi connectivity index (χ0v) is 9.26. The zero-order valence-electron chi connectivity index (χ0n) is 9.26. The highest BCUT2D eigenvalue weighted by Gasteiger charge is 2.28. The molecule has 1 aromatic rings. The standard InChI is InChI=1S/C11H15F3N2O/c12-11(13,14)8-17-10-5-2-1-4-9(10)16-7-3-6-15/h1-2,4-5,16H,3,6-8,15H2. The van der Waals surface area contributed by atoms with E-state index in [4.69, 9.17) is 10.5 Å². The molecule has 0 radical (unpaired) electrons. The van der Waals surface area contributed by atoms with Gasteiger partial charge in [0.05, 0.1) is 5.69 Å². The van der Waals surface area contributed by atoms with Crippen molar-refractivity contribution in [1.29, 1.82) is 0 Å². The van der Waals surface area contributed by atoms with Gasteiger partial charge in [-0.05, 0) is 25.1 Å². The Hall–Kier alpha value is -1.43. The molecule has 0 aliphatic rings. The third-order valence-corrected chi connectivity index (χ3v) is 1.97. The fraction of sp³-hybridized carbons (Fsp3) is 0.455. The molecule has 96 valence electrons. The Kier molecular flexibility index (Phi) is 5.09. The lowest BCUT2D eigenvalue weighted by atomic mass is 10.3. The molecule has 0 unspecified atom stereocenters. The Balaban J connectivity index is 2.58. The van der Waals surface area contributed by atoms with Crippen molar-refractivity contribution in [2.24, 2.45) is 5.73 Å². The van der Waals surface area contributed by atoms with Crippen molar-refractivity contribution in [2.75, 3.05) is 25.0 Å². The molecule has 0 amide bonds. The van der Waals surface area contributed by atoms with Crippen LogP contribution in [0.2, 0.25) is 0 Å². The largest absolute Gasteiger partial charge is 0.482 e. The molecule has 0 saturated carbocycles. The molecule has 0 fully saturated rings. The quantitative estimate of drug-likeness (QED) is 0.760. The summed E-state index contributed by atoms with van der Waals surface area (Å²) in [4.78, 5) is 0. The van der Waals surface area contributed by atoms with E-state index in [2.05, 4.69) is 5.32 Å². The van der Waals surface area contributed by atoms with Crippen LogP contribution in [-0.2, 0) is 0 Å². The van der Waals surface area contributed by atoms with Crippen LogP contribution in [0.15, 0.2) is 24.3 Å². The molecule has 0 saturated heterocycles. The number of halogens is 3. The van der Waals surface area contributed by atoms with E-state index in [9.17, 15) is 13.2 Å². The molecule has 3 nitrogen and oxygen atoms in total. The summed E-state index contributed by atoms with van der Waals surface area (Å²) in [6, 6.07) is 6.52. The number of nitrogens with one attached hydrogen (secondary N) is 1. The minimum absolute atomic E-state index is 0.196. The van der Waals surface area contributed by atoms with E-state index < -0.39 is 12.8 Å². The first-order chi connectivity index (χ1) is 8.03. The normalized spacial score (nSPS) is 11.3. The Morgan fingerprint density at radius 1 is 1.24 bits per heavy atom. The predicted molar refractivity (Wildman–Crippen MR) is 60.2 cm³/mol. The number of hydrogen-bond donors (Lipinski definition) is 2. The molecule has 6 heteroatoms. The Labute approximate surface area is 97.8 Å². The second kappa shape index (κ2) is 6.34. The molecular formula is C11H15F3N2O. The molecule has 3 N–H and O–H groups in total. The van der Waals surface area contributed by atoms with Crippen LogP contribution >= 0.6 is 0 Å². The maximum atomic E-state index is 12.0. The predicted octanol–water partition coefficient (Wildman–Crippen LogP) is 2.39. The van der Waals surface area contributed by atoms with Crippen molar-refractivity contribution >= 4 is 5.69 Å². The maximum Gasteiger partial charge on any atom is 0.422 e. The van der Waals surface area contributed by atoms with Gasteiger partial charge in [0.15, 0.2) is 6.61 Å². The number of hydrogen-bond acceptors (Lipinski definition) is 3. The first kappa shape index (κ1) is 13.6. The topological polar surface area (TPSA) is 47.3 Å². The van der Waals surface area contributed by atoms with Gasteiger partial charge in [0.1, 0.15) is 5.75 Å². The molecule has 0 aromatic heterocycles. The van der Waals surface area contributed by atoms with Gasteiger partial charge in [-0.1, -0.05) is 12.1 Å². The van der Waals surface area contributed by atoms with E-state index in [1.165, 1.54) is 6.07 Å². The lowest BCUT2D eigenvalue weighted by Crippen LogP contribution is -2.20. The van der Waals surface area contributed by atoms with Crippen LogP contribution in [0.4, 0.5) is 18.9 Å². The fourth-order valence-electron chi connectivity index (χ4n) is 1.22. The van der Waals surface area contributed by atoms with Crippen molar-refractivity contribution in [3.8, 4) is 5.75 Å². The van der Waals surface area contributed by atoms with Crippen LogP contribution in [0, 0.1) is 0 Å². The number of ether oxygens (including phenoxy) is 1. The number of nitrogens with two attached hydrogens (primary N) is 1. The van der Waals surface area contributed by atoms with Crippen molar-refractivity contribution < 1.29 is 17.9 Å². The van der Waals surface area contributed by atoms with E-state index in [1.54, 1.807) is 18.2 Å². The third-order valence-electron chi connectivity index (χ3n) is 1.97. The SMILES string of the molecule is NCCCNc1ccccc1OCC(F)(F)F. The summed E-state index contributed by atoms with van der Waals surface area (Å²) in [5, 5.41) is 2.98. The molecule has 1 aromatic carbocycles. The smallest absolute Gasteiger partial charge is 0.422 e. The summed E-state index contributed by atoms with van der Waals surface area (Å²) >= 11 is 0. The highest BCUT2D eigenvalue weighted by molar-refractivity contribution is 5.56. The Morgan fingerprint density at radius 3 is 2.59 bits per heavy atom. The summed E-state index contributed by atoms with van der Waals surface area (Å²) < 4.78 is 40.8. The van der Waals surface area contributed by atoms with E-state index in [1.807, 2.05) is 0 Å². The molecule has 0 spiro atoms. The number of alkyl halides is 3. The zero-order chi connectivity index (χ0) is 12.7. The summed E-state index contributed by atoms with van der Waals surface area (Å²) in [6.45, 7) is -0.163. The summed E-state index contributed by atoms with van der Waals surface area (Å²) in [7, 11) is 0. The van der Waals surface area contributed by atoms with Gasteiger partial charge in [-0.3, -0.25) is 0 Å². The molecular weight excluding hydrogens is 233 g/mol. The highest BCUT2D eigenvalue weighted by atomic mass is 19.4. The van der Waals surface area contributed by atoms with Gasteiger partial charge in [0, 0.05) is 6.54 Å². The number of para-hydroxylation sites is 2. The van der Waals surface area contributed by atoms with Crippen LogP contribution in [0.5, 0.6) is 5.75 Å². The molecule has 0 aliphatic heterocycles. The lowest BCUT2D eigenvalue weighted by molar-refractivity contribution is -0.153. The molecule has 0 heterocycles. The minimum atomic E-state index is -4.33. The average molecular weight is 248 g/mol. The van der Waals surface area contributed by atoms with Gasteiger partial charge in [0.25, 0.3) is 0 Å². The third kappa shape index (κ3) is 5.44. The van der Waals surface area contributed by atoms with E-state index in [0.29, 0.717) is 18.8 Å². The first-order valence-corrected chi connectivity index (χ1v) is 5.25. The fourth-order valence-corrected chi connectivity index (χ4v) is 1.22. The average Bonchev–Trinajstić information content (AvgIpc) is 2.27. The summed E-state index contributed by atoms with van der Waals surface area (Å²) in [5.41, 5.74) is 5.87. The van der Waals surface area contributed by atoms with Crippen LogP contribution in [0.1, 0.15) is 6.42 Å². The van der Waals surface area contributed by atoms with Crippen LogP contribution in [0.3, 0.4) is 0 Å². The molecule has 0 aliphatic carbocycles. The van der Waals surface area contributed by atoms with Crippen molar-refractivity contribution in [1.82, 2.24) is 0 Å². The monoisotopic (exact) mass is 248 g/mol. The van der Waals surface area contributed by atoms with Gasteiger partial charge < -0.3 is 15.8 Å². The van der Waals surface area contributed by atoms with Gasteiger partial charge >= 0.3 is 6.18 Å². The second-order valence-electron chi connectivity index (χ2n) is 3.47. The van der Waals surface area contributed by atoms with Gasteiger partial charge in [0.2, 0.25) is 0 Å². The molecule has 0 bridgehead atoms. The van der Waals surface area contributed by atoms with Gasteiger partial charge in [-0.15, -0.1) is 0 Å². The first-order valence-electron chi connectivity index (χ1n) is 5.25. The molecule has 0 atom stereocenters. The van der Waals surface area contributed by atoms with E-state index >= 15 is 0 Å². The van der Waals surface area contributed by atoms with Crippen LogP contribution in [-0.4, -0.2) is 25.9 Å². The molecule has 1 rings (SSSR count). The number of benzene rings is 1. The van der Waals surface area contributed by atoms with E-state index in [0.717, 1.165) is 6.42 Å². The minimum Gasteiger partial charge on any atom is -0.482 e. The summed E-state index contributed by atoms with van der Waals surface area (Å²) in [5.74, 6) is 0.196. The van der Waals surface area contributed by atoms with Crippen LogP contribution in [0.25, 0.3) is 0 Å². The lowest BCUT2D eigenvalue weighted by Gasteiger charge is -2.14. The maximum absolute atomic E-state index is 12.0. The molecule has 17 heavy (non-hydrogen) atoms. The number of rotatable bonds is 6. The number of anilines is 1. The highest BCUT2D eigenvalue weighted by Crippen LogP contribution is 2.26. The second-order valence-corrected chi connectivity index (χ2v) is 3.47. The van der Waals surface area contributed by atoms with Gasteiger partial charge in [-0.2, -0.15) is 13.2 Å². The van der Waals surface area contributed by atoms with E-state index in [-0.39, 0.29) is 5.75 Å². The Morgan fingerprint density at radius 2 is 1.94 bits per heavy atom. The Bertz CT molecular complexity index is 342. The van der Waals surface area contributed by atoms with Crippen molar-refractivity contribution in [2.45, 2.75) is 12.6 Å². The van der Waals surface area contributed by atoms with Crippen molar-refractivity contribution in [3.63, 3.8) is 0 Å². The van der Waals surface area contributed by atoms with Gasteiger partial charge in [-0.25, -0.2) is 0 Å². The summed E-state index contributed by atoms with van der Waals surface area (Å²) in [6.07, 6.45) is -3.59.